The number of hydrogen-bond donors (Lipinski definition) is 0. The van der Waals surface area contributed by atoms with Gasteiger partial charge in [-0.25, -0.2) is 15.0 Å². The number of furan rings is 1. The lowest BCUT2D eigenvalue weighted by atomic mass is 10.0. The first-order chi connectivity index (χ1) is 28.7. The van der Waals surface area contributed by atoms with E-state index in [-0.39, 0.29) is 0 Å². The number of hydrogen-bond acceptors (Lipinski definition) is 6. The number of nitrogens with zero attached hydrogens (tertiary/aromatic N) is 4. The van der Waals surface area contributed by atoms with Gasteiger partial charge in [0.15, 0.2) is 17.5 Å². The molecule has 0 radical (unpaired) electrons. The molecule has 5 nitrogen and oxygen atoms in total. The fourth-order valence-electron chi connectivity index (χ4n) is 8.88. The molecule has 8 aromatic carbocycles. The standard InChI is InChI=1S/C51H28N4OS2/c1-2-13-29(14-3-1)49-52-50(37-20-12-19-36-34-18-7-11-24-43(34)57-47(36)37)54-51(53-49)39-28-30(55-40-21-8-4-15-31(40)32-16-5-9-22-41(32)55)27-38-45-44(58-48(38)39)26-25-35-33-17-6-10-23-42(33)56-46(35)45/h1-28H. The molecule has 0 saturated carbocycles. The van der Waals surface area contributed by atoms with Crippen molar-refractivity contribution in [2.24, 2.45) is 0 Å². The van der Waals surface area contributed by atoms with Crippen LogP contribution in [0.2, 0.25) is 0 Å². The molecule has 0 aliphatic rings. The first-order valence-corrected chi connectivity index (χ1v) is 20.9. The highest BCUT2D eigenvalue weighted by Crippen LogP contribution is 2.47. The van der Waals surface area contributed by atoms with E-state index in [9.17, 15) is 0 Å². The van der Waals surface area contributed by atoms with Crippen molar-refractivity contribution in [3.8, 4) is 39.9 Å². The normalized spacial score (nSPS) is 12.1. The van der Waals surface area contributed by atoms with E-state index < -0.39 is 0 Å². The van der Waals surface area contributed by atoms with Crippen molar-refractivity contribution in [2.75, 3.05) is 0 Å². The van der Waals surface area contributed by atoms with Crippen LogP contribution in [0, 0.1) is 0 Å². The number of thiophene rings is 2. The van der Waals surface area contributed by atoms with Gasteiger partial charge in [0, 0.05) is 84.3 Å². The van der Waals surface area contributed by atoms with Crippen molar-refractivity contribution in [3.63, 3.8) is 0 Å². The van der Waals surface area contributed by atoms with Crippen molar-refractivity contribution in [3.05, 3.63) is 170 Å². The molecular formula is C51H28N4OS2. The molecule has 0 fully saturated rings. The van der Waals surface area contributed by atoms with Gasteiger partial charge < -0.3 is 8.98 Å². The molecule has 7 heteroatoms. The SMILES string of the molecule is c1ccc(-c2nc(-c3cccc4c3sc3ccccc34)nc(-c3cc(-n4c5ccccc5c5ccccc54)cc4c3sc3ccc5c6ccccc6oc5c34)n2)cc1. The number of aromatic nitrogens is 4. The highest BCUT2D eigenvalue weighted by molar-refractivity contribution is 7.26. The summed E-state index contributed by atoms with van der Waals surface area (Å²) in [6.07, 6.45) is 0. The summed E-state index contributed by atoms with van der Waals surface area (Å²) >= 11 is 3.55. The summed E-state index contributed by atoms with van der Waals surface area (Å²) in [6, 6.07) is 60.0. The number of rotatable bonds is 4. The third-order valence-electron chi connectivity index (χ3n) is 11.5. The third kappa shape index (κ3) is 4.60. The van der Waals surface area contributed by atoms with Crippen molar-refractivity contribution in [2.45, 2.75) is 0 Å². The van der Waals surface area contributed by atoms with E-state index in [1.807, 2.05) is 24.3 Å². The maximum Gasteiger partial charge on any atom is 0.165 e. The molecule has 0 amide bonds. The molecule has 0 atom stereocenters. The van der Waals surface area contributed by atoms with Gasteiger partial charge >= 0.3 is 0 Å². The van der Waals surface area contributed by atoms with Crippen molar-refractivity contribution < 1.29 is 4.42 Å². The van der Waals surface area contributed by atoms with Crippen LogP contribution in [-0.4, -0.2) is 19.5 Å². The maximum atomic E-state index is 6.73. The van der Waals surface area contributed by atoms with Gasteiger partial charge in [-0.05, 0) is 54.6 Å². The molecule has 58 heavy (non-hydrogen) atoms. The van der Waals surface area contributed by atoms with E-state index in [0.717, 1.165) is 80.2 Å². The number of benzene rings is 8. The predicted octanol–water partition coefficient (Wildman–Crippen LogP) is 14.6. The second kappa shape index (κ2) is 12.2. The quantitative estimate of drug-likeness (QED) is 0.179. The topological polar surface area (TPSA) is 56.7 Å². The Morgan fingerprint density at radius 3 is 1.84 bits per heavy atom. The van der Waals surface area contributed by atoms with Gasteiger partial charge in [-0.1, -0.05) is 115 Å². The van der Waals surface area contributed by atoms with Crippen LogP contribution in [0.3, 0.4) is 0 Å². The van der Waals surface area contributed by atoms with E-state index in [4.69, 9.17) is 19.4 Å². The van der Waals surface area contributed by atoms with Crippen LogP contribution in [-0.2, 0) is 0 Å². The van der Waals surface area contributed by atoms with Crippen LogP contribution >= 0.6 is 22.7 Å². The molecule has 0 bridgehead atoms. The van der Waals surface area contributed by atoms with Crippen LogP contribution in [0.15, 0.2) is 174 Å². The van der Waals surface area contributed by atoms with Gasteiger partial charge in [-0.15, -0.1) is 22.7 Å². The highest BCUT2D eigenvalue weighted by Gasteiger charge is 2.23. The third-order valence-corrected chi connectivity index (χ3v) is 13.9. The molecule has 0 N–H and O–H groups in total. The molecule has 5 aromatic heterocycles. The van der Waals surface area contributed by atoms with Crippen LogP contribution in [0.5, 0.6) is 0 Å². The average Bonchev–Trinajstić information content (AvgIpc) is 4.05. The summed E-state index contributed by atoms with van der Waals surface area (Å²) in [5.41, 5.74) is 7.97. The number of para-hydroxylation sites is 3. The lowest BCUT2D eigenvalue weighted by molar-refractivity contribution is 0.673. The van der Waals surface area contributed by atoms with Gasteiger partial charge in [0.25, 0.3) is 0 Å². The fraction of sp³-hybridized carbons (Fsp3) is 0. The predicted molar refractivity (Wildman–Crippen MR) is 244 cm³/mol. The van der Waals surface area contributed by atoms with Gasteiger partial charge in [0.1, 0.15) is 11.2 Å². The van der Waals surface area contributed by atoms with Crippen LogP contribution in [0.1, 0.15) is 0 Å². The average molecular weight is 777 g/mol. The van der Waals surface area contributed by atoms with Gasteiger partial charge in [0.05, 0.1) is 11.0 Å². The minimum atomic E-state index is 0.627. The smallest absolute Gasteiger partial charge is 0.165 e. The Kier molecular flexibility index (Phi) is 6.70. The first kappa shape index (κ1) is 32.0. The second-order valence-corrected chi connectivity index (χ2v) is 16.8. The van der Waals surface area contributed by atoms with Crippen LogP contribution in [0.4, 0.5) is 0 Å². The van der Waals surface area contributed by atoms with Gasteiger partial charge in [0.2, 0.25) is 0 Å². The Bertz CT molecular complexity index is 3760. The van der Waals surface area contributed by atoms with Crippen LogP contribution in [0.25, 0.3) is 124 Å². The minimum absolute atomic E-state index is 0.627. The van der Waals surface area contributed by atoms with E-state index in [0.29, 0.717) is 17.5 Å². The molecule has 13 aromatic rings. The first-order valence-electron chi connectivity index (χ1n) is 19.3. The highest BCUT2D eigenvalue weighted by atomic mass is 32.1. The van der Waals surface area contributed by atoms with E-state index in [1.165, 1.54) is 26.2 Å². The van der Waals surface area contributed by atoms with Crippen molar-refractivity contribution >= 4 is 107 Å². The van der Waals surface area contributed by atoms with Gasteiger partial charge in [-0.2, -0.15) is 0 Å². The Morgan fingerprint density at radius 2 is 1.03 bits per heavy atom. The Hall–Kier alpha value is -7.19. The summed E-state index contributed by atoms with van der Waals surface area (Å²) < 4.78 is 13.8. The minimum Gasteiger partial charge on any atom is -0.455 e. The summed E-state index contributed by atoms with van der Waals surface area (Å²) in [5.74, 6) is 1.91. The molecule has 0 unspecified atom stereocenters. The largest absolute Gasteiger partial charge is 0.455 e. The molecule has 13 rings (SSSR count). The lowest BCUT2D eigenvalue weighted by Crippen LogP contribution is -2.01. The zero-order valence-electron chi connectivity index (χ0n) is 30.7. The van der Waals surface area contributed by atoms with E-state index in [2.05, 4.69) is 150 Å². The summed E-state index contributed by atoms with van der Waals surface area (Å²) in [4.78, 5) is 16.0. The Balaban J connectivity index is 1.17. The summed E-state index contributed by atoms with van der Waals surface area (Å²) in [6.45, 7) is 0. The fourth-order valence-corrected chi connectivity index (χ4v) is 11.3. The lowest BCUT2D eigenvalue weighted by Gasteiger charge is -2.13. The van der Waals surface area contributed by atoms with Gasteiger partial charge in [-0.3, -0.25) is 0 Å². The van der Waals surface area contributed by atoms with Crippen molar-refractivity contribution in [1.82, 2.24) is 19.5 Å². The molecule has 270 valence electrons. The summed E-state index contributed by atoms with van der Waals surface area (Å²) in [7, 11) is 0. The maximum absolute atomic E-state index is 6.73. The molecule has 0 aliphatic carbocycles. The Morgan fingerprint density at radius 1 is 0.414 bits per heavy atom. The van der Waals surface area contributed by atoms with Crippen LogP contribution < -0.4 is 0 Å². The second-order valence-electron chi connectivity index (χ2n) is 14.7. The van der Waals surface area contributed by atoms with E-state index >= 15 is 0 Å². The molecule has 5 heterocycles. The van der Waals surface area contributed by atoms with E-state index in [1.54, 1.807) is 22.7 Å². The monoisotopic (exact) mass is 776 g/mol. The Labute approximate surface area is 338 Å². The molecular weight excluding hydrogens is 749 g/mol. The molecule has 0 saturated heterocycles. The van der Waals surface area contributed by atoms with Crippen molar-refractivity contribution in [1.29, 1.82) is 0 Å². The summed E-state index contributed by atoms with van der Waals surface area (Å²) in [5, 5.41) is 9.29. The molecule has 0 aliphatic heterocycles. The molecule has 0 spiro atoms. The number of fused-ring (bicyclic) bond motifs is 13. The zero-order valence-corrected chi connectivity index (χ0v) is 32.3. The zero-order chi connectivity index (χ0) is 37.9.